The molecule has 0 aliphatic carbocycles. The van der Waals surface area contributed by atoms with Crippen LogP contribution in [-0.4, -0.2) is 60.5 Å². The molecule has 1 aliphatic heterocycles. The first-order chi connectivity index (χ1) is 11.3. The van der Waals surface area contributed by atoms with Crippen molar-refractivity contribution in [2.75, 3.05) is 19.6 Å². The summed E-state index contributed by atoms with van der Waals surface area (Å²) in [5, 5.41) is 18.2. The third-order valence-electron chi connectivity index (χ3n) is 4.27. The van der Waals surface area contributed by atoms with E-state index < -0.39 is 24.1 Å². The number of nitrogens with one attached hydrogen (secondary N) is 3. The standard InChI is InChI=1S/C16H30N4O4/c1-9-6-12(8-18-7-9)15(23)20-14(11(3)22)16(24)19-13(4-5-17)10(2)21/h9,11-14,18,22H,4-8,17H2,1-3H3,(H,19,24)(H,20,23)/t9?,11-,12?,13-,14-/m0/s1. The van der Waals surface area contributed by atoms with Gasteiger partial charge in [-0.1, -0.05) is 6.92 Å². The maximum absolute atomic E-state index is 12.4. The highest BCUT2D eigenvalue weighted by molar-refractivity contribution is 5.92. The van der Waals surface area contributed by atoms with Crippen molar-refractivity contribution in [1.82, 2.24) is 16.0 Å². The second-order valence-electron chi connectivity index (χ2n) is 6.67. The lowest BCUT2D eigenvalue weighted by atomic mass is 9.91. The average Bonchev–Trinajstić information content (AvgIpc) is 2.51. The van der Waals surface area contributed by atoms with Crippen molar-refractivity contribution in [1.29, 1.82) is 0 Å². The molecule has 0 aromatic heterocycles. The second-order valence-corrected chi connectivity index (χ2v) is 6.67. The van der Waals surface area contributed by atoms with Gasteiger partial charge in [0.1, 0.15) is 6.04 Å². The number of carbonyl (C=O) groups is 3. The molecule has 2 unspecified atom stereocenters. The molecule has 6 N–H and O–H groups in total. The van der Waals surface area contributed by atoms with Gasteiger partial charge in [0.15, 0.2) is 5.78 Å². The molecule has 1 rings (SSSR count). The average molecular weight is 342 g/mol. The highest BCUT2D eigenvalue weighted by Crippen LogP contribution is 2.16. The van der Waals surface area contributed by atoms with Crippen molar-refractivity contribution in [3.05, 3.63) is 0 Å². The van der Waals surface area contributed by atoms with E-state index in [1.54, 1.807) is 0 Å². The van der Waals surface area contributed by atoms with Crippen molar-refractivity contribution >= 4 is 17.6 Å². The van der Waals surface area contributed by atoms with Gasteiger partial charge in [-0.15, -0.1) is 0 Å². The zero-order valence-corrected chi connectivity index (χ0v) is 14.7. The first-order valence-corrected chi connectivity index (χ1v) is 8.46. The minimum atomic E-state index is -1.10. The summed E-state index contributed by atoms with van der Waals surface area (Å²) in [6.45, 7) is 6.51. The molecular formula is C16H30N4O4. The molecule has 0 saturated carbocycles. The Hall–Kier alpha value is -1.51. The number of hydrogen-bond acceptors (Lipinski definition) is 6. The first-order valence-electron chi connectivity index (χ1n) is 8.46. The number of hydrogen-bond donors (Lipinski definition) is 5. The van der Waals surface area contributed by atoms with Crippen LogP contribution in [0.15, 0.2) is 0 Å². The van der Waals surface area contributed by atoms with Gasteiger partial charge >= 0.3 is 0 Å². The van der Waals surface area contributed by atoms with Crippen molar-refractivity contribution in [2.24, 2.45) is 17.6 Å². The van der Waals surface area contributed by atoms with Gasteiger partial charge in [0.25, 0.3) is 0 Å². The van der Waals surface area contributed by atoms with Gasteiger partial charge in [-0.05, 0) is 45.7 Å². The molecule has 0 aromatic rings. The molecule has 0 aromatic carbocycles. The quantitative estimate of drug-likeness (QED) is 0.365. The fraction of sp³-hybridized carbons (Fsp3) is 0.812. The SMILES string of the molecule is CC(=O)[C@H](CCN)NC(=O)[C@@H](NC(=O)C1CNCC(C)C1)[C@H](C)O. The molecule has 0 radical (unpaired) electrons. The summed E-state index contributed by atoms with van der Waals surface area (Å²) in [5.41, 5.74) is 5.44. The van der Waals surface area contributed by atoms with Crippen molar-refractivity contribution in [3.8, 4) is 0 Å². The zero-order chi connectivity index (χ0) is 18.3. The maximum atomic E-state index is 12.4. The molecule has 1 saturated heterocycles. The molecule has 24 heavy (non-hydrogen) atoms. The Morgan fingerprint density at radius 1 is 1.29 bits per heavy atom. The number of aliphatic hydroxyl groups is 1. The maximum Gasteiger partial charge on any atom is 0.245 e. The number of nitrogens with two attached hydrogens (primary N) is 1. The summed E-state index contributed by atoms with van der Waals surface area (Å²) in [6.07, 6.45) is -0.0321. The number of piperidine rings is 1. The molecule has 8 nitrogen and oxygen atoms in total. The summed E-state index contributed by atoms with van der Waals surface area (Å²) in [4.78, 5) is 36.3. The summed E-state index contributed by atoms with van der Waals surface area (Å²) < 4.78 is 0. The van der Waals surface area contributed by atoms with Crippen LogP contribution in [0.3, 0.4) is 0 Å². The lowest BCUT2D eigenvalue weighted by Crippen LogP contribution is -2.57. The summed E-state index contributed by atoms with van der Waals surface area (Å²) in [6, 6.07) is -1.81. The lowest BCUT2D eigenvalue weighted by Gasteiger charge is -2.29. The summed E-state index contributed by atoms with van der Waals surface area (Å²) >= 11 is 0. The number of amides is 2. The van der Waals surface area contributed by atoms with E-state index >= 15 is 0 Å². The van der Waals surface area contributed by atoms with Gasteiger partial charge in [-0.3, -0.25) is 14.4 Å². The van der Waals surface area contributed by atoms with Gasteiger partial charge < -0.3 is 26.8 Å². The van der Waals surface area contributed by atoms with Gasteiger partial charge in [0.05, 0.1) is 18.1 Å². The van der Waals surface area contributed by atoms with Crippen LogP contribution >= 0.6 is 0 Å². The van der Waals surface area contributed by atoms with Gasteiger partial charge in [0, 0.05) is 6.54 Å². The molecule has 1 aliphatic rings. The van der Waals surface area contributed by atoms with Crippen molar-refractivity contribution in [2.45, 2.75) is 51.8 Å². The van der Waals surface area contributed by atoms with E-state index in [1.807, 2.05) is 0 Å². The molecule has 8 heteroatoms. The van der Waals surface area contributed by atoms with E-state index in [0.29, 0.717) is 18.9 Å². The predicted molar refractivity (Wildman–Crippen MR) is 90.0 cm³/mol. The third-order valence-corrected chi connectivity index (χ3v) is 4.27. The molecule has 0 spiro atoms. The topological polar surface area (TPSA) is 134 Å². The Morgan fingerprint density at radius 3 is 2.46 bits per heavy atom. The molecule has 1 heterocycles. The number of carbonyl (C=O) groups excluding carboxylic acids is 3. The smallest absolute Gasteiger partial charge is 0.245 e. The van der Waals surface area contributed by atoms with Crippen molar-refractivity contribution in [3.63, 3.8) is 0 Å². The number of aliphatic hydroxyl groups excluding tert-OH is 1. The highest BCUT2D eigenvalue weighted by Gasteiger charge is 2.32. The van der Waals surface area contributed by atoms with Crippen LogP contribution in [-0.2, 0) is 14.4 Å². The zero-order valence-electron chi connectivity index (χ0n) is 14.7. The Bertz CT molecular complexity index is 455. The Labute approximate surface area is 142 Å². The van der Waals surface area contributed by atoms with E-state index in [0.717, 1.165) is 13.0 Å². The molecule has 2 amide bonds. The largest absolute Gasteiger partial charge is 0.391 e. The minimum absolute atomic E-state index is 0.213. The molecule has 138 valence electrons. The van der Waals surface area contributed by atoms with E-state index in [4.69, 9.17) is 5.73 Å². The van der Waals surface area contributed by atoms with Crippen LogP contribution in [0.2, 0.25) is 0 Å². The monoisotopic (exact) mass is 342 g/mol. The summed E-state index contributed by atoms with van der Waals surface area (Å²) in [7, 11) is 0. The highest BCUT2D eigenvalue weighted by atomic mass is 16.3. The van der Waals surface area contributed by atoms with Crippen LogP contribution in [0, 0.1) is 11.8 Å². The fourth-order valence-corrected chi connectivity index (χ4v) is 2.84. The van der Waals surface area contributed by atoms with Gasteiger partial charge in [-0.25, -0.2) is 0 Å². The fourth-order valence-electron chi connectivity index (χ4n) is 2.84. The Balaban J connectivity index is 2.69. The lowest BCUT2D eigenvalue weighted by molar-refractivity contribution is -0.135. The first kappa shape index (κ1) is 20.5. The van der Waals surface area contributed by atoms with Crippen LogP contribution in [0.5, 0.6) is 0 Å². The molecule has 1 fully saturated rings. The van der Waals surface area contributed by atoms with Gasteiger partial charge in [-0.2, -0.15) is 0 Å². The van der Waals surface area contributed by atoms with Crippen molar-refractivity contribution < 1.29 is 19.5 Å². The van der Waals surface area contributed by atoms with E-state index in [1.165, 1.54) is 13.8 Å². The van der Waals surface area contributed by atoms with E-state index in [2.05, 4.69) is 22.9 Å². The van der Waals surface area contributed by atoms with Crippen LogP contribution in [0.1, 0.15) is 33.6 Å². The third kappa shape index (κ3) is 6.18. The Morgan fingerprint density at radius 2 is 1.96 bits per heavy atom. The minimum Gasteiger partial charge on any atom is -0.391 e. The van der Waals surface area contributed by atoms with E-state index in [9.17, 15) is 19.5 Å². The molecule has 5 atom stereocenters. The number of Topliss-reactive ketones (excluding diaryl/α,β-unsaturated/α-hetero) is 1. The van der Waals surface area contributed by atoms with E-state index in [-0.39, 0.29) is 24.2 Å². The number of ketones is 1. The van der Waals surface area contributed by atoms with Crippen LogP contribution < -0.4 is 21.7 Å². The molecular weight excluding hydrogens is 312 g/mol. The molecule has 0 bridgehead atoms. The summed E-state index contributed by atoms with van der Waals surface area (Å²) in [5.74, 6) is -0.928. The van der Waals surface area contributed by atoms with Crippen LogP contribution in [0.25, 0.3) is 0 Å². The second kappa shape index (κ2) is 9.71. The normalized spacial score (nSPS) is 24.5. The van der Waals surface area contributed by atoms with Crippen LogP contribution in [0.4, 0.5) is 0 Å². The van der Waals surface area contributed by atoms with Gasteiger partial charge in [0.2, 0.25) is 11.8 Å². The number of rotatable bonds is 8. The predicted octanol–water partition coefficient (Wildman–Crippen LogP) is -1.48. The Kier molecular flexibility index (Phi) is 8.30.